The Labute approximate surface area is 91.9 Å². The van der Waals surface area contributed by atoms with E-state index >= 15 is 0 Å². The normalized spacial score (nSPS) is 119. The van der Waals surface area contributed by atoms with Gasteiger partial charge >= 0.3 is 91.9 Å². The first kappa shape index (κ1) is 6.59. The van der Waals surface area contributed by atoms with Gasteiger partial charge in [-0.1, -0.05) is 0 Å². The van der Waals surface area contributed by atoms with Gasteiger partial charge in [-0.25, -0.2) is 0 Å². The van der Waals surface area contributed by atoms with Crippen molar-refractivity contribution in [3.8, 4) is 0 Å². The van der Waals surface area contributed by atoms with Crippen LogP contribution in [-0.4, -0.2) is 25.5 Å². The van der Waals surface area contributed by atoms with Crippen molar-refractivity contribution in [3.05, 3.63) is 12.2 Å². The van der Waals surface area contributed by atoms with Crippen LogP contribution in [0.2, 0.25) is 47.7 Å². The van der Waals surface area contributed by atoms with E-state index in [-0.39, 0.29) is 0 Å². The summed E-state index contributed by atoms with van der Waals surface area (Å²) in [6.45, 7) is 3.09. The van der Waals surface area contributed by atoms with Crippen LogP contribution in [0.3, 0.4) is 0 Å². The summed E-state index contributed by atoms with van der Waals surface area (Å²) in [5.74, 6) is 0. The van der Waals surface area contributed by atoms with Crippen molar-refractivity contribution in [2.24, 2.45) is 0 Å². The van der Waals surface area contributed by atoms with E-state index in [1.807, 2.05) is 0 Å². The molecule has 0 saturated carbocycles. The van der Waals surface area contributed by atoms with E-state index < -0.39 is 6.51 Å². The number of nitrogens with zero attached hydrogens (tertiary/aromatic N) is 1. The third-order valence-corrected chi connectivity index (χ3v) is 58.2. The standard InChI is InChI=1S/C10H14N.C5H5.Fe/c1-9(8-11(2)3)10-6-4-5-7-10;1-2-4-5-3-1;/h4-7H,1,8H2,2-3H3;1-5H;. The fourth-order valence-electron chi connectivity index (χ4n) is 17.7. The second-order valence-corrected chi connectivity index (χ2v) is 35.1. The van der Waals surface area contributed by atoms with Crippen molar-refractivity contribution in [3.63, 3.8) is 0 Å². The van der Waals surface area contributed by atoms with E-state index in [1.54, 1.807) is 5.57 Å². The van der Waals surface area contributed by atoms with Gasteiger partial charge in [-0.3, -0.25) is 0 Å². The molecule has 0 aliphatic carbocycles. The predicted octanol–water partition coefficient (Wildman–Crippen LogP) is 3.86. The maximum absolute atomic E-state index is 4.68. The summed E-state index contributed by atoms with van der Waals surface area (Å²) in [5.41, 5.74) is 1.77. The Morgan fingerprint density at radius 1 is 1.00 bits per heavy atom. The van der Waals surface area contributed by atoms with Gasteiger partial charge in [-0.05, 0) is 0 Å². The van der Waals surface area contributed by atoms with E-state index in [0.29, 0.717) is 0 Å². The molecule has 10 saturated heterocycles. The molecule has 10 rings (SSSR count). The molecule has 92 valence electrons. The summed E-state index contributed by atoms with van der Waals surface area (Å²) in [7, 11) is 4.49. The number of fused-ring (bicyclic) bond motifs is 10. The molecule has 2 heteroatoms. The Bertz CT molecular complexity index is 906. The molecular weight excluding hydrogens is 250 g/mol. The third-order valence-electron chi connectivity index (χ3n) is 15.7. The summed E-state index contributed by atoms with van der Waals surface area (Å²) in [4.78, 5) is 15.4. The van der Waals surface area contributed by atoms with Crippen molar-refractivity contribution in [1.29, 1.82) is 0 Å². The van der Waals surface area contributed by atoms with Crippen molar-refractivity contribution in [1.82, 2.24) is 4.90 Å². The average molecular weight is 269 g/mol. The van der Waals surface area contributed by atoms with Crippen LogP contribution in [0.25, 0.3) is 0 Å². The first-order chi connectivity index (χ1) is 7.88. The molecule has 0 N–H and O–H groups in total. The monoisotopic (exact) mass is 269 g/mol. The number of hydrogen-bond acceptors (Lipinski definition) is 1. The molecule has 0 bridgehead atoms. The Kier molecular flexibility index (Phi) is 0.201. The van der Waals surface area contributed by atoms with Gasteiger partial charge in [-0.2, -0.15) is 0 Å². The quantitative estimate of drug-likeness (QED) is 0.555. The van der Waals surface area contributed by atoms with Crippen LogP contribution >= 0.6 is 0 Å². The van der Waals surface area contributed by atoms with E-state index in [4.69, 9.17) is 0 Å². The molecule has 10 aliphatic rings. The van der Waals surface area contributed by atoms with E-state index in [2.05, 4.69) is 25.6 Å². The van der Waals surface area contributed by atoms with Crippen molar-refractivity contribution < 1.29 is 6.51 Å². The Morgan fingerprint density at radius 2 is 1.47 bits per heavy atom. The molecule has 1 spiro atoms. The summed E-state index contributed by atoms with van der Waals surface area (Å²) in [5, 5.41) is 0. The van der Waals surface area contributed by atoms with Crippen LogP contribution < -0.4 is 0 Å². The van der Waals surface area contributed by atoms with Crippen LogP contribution in [0.4, 0.5) is 0 Å². The van der Waals surface area contributed by atoms with Crippen LogP contribution in [0, 0.1) is 0 Å². The third kappa shape index (κ3) is 0.0658. The minimum absolute atomic E-state index is 0.948. The Balaban J connectivity index is 1.52. The molecule has 0 radical (unpaired) electrons. The molecule has 10 heterocycles. The van der Waals surface area contributed by atoms with Gasteiger partial charge < -0.3 is 0 Å². The molecule has 10 aliphatic heterocycles. The zero-order chi connectivity index (χ0) is 10.9. The first-order valence-corrected chi connectivity index (χ1v) is 13.7. The molecule has 0 aromatic heterocycles. The summed E-state index contributed by atoms with van der Waals surface area (Å²) >= 11 is 0. The summed E-state index contributed by atoms with van der Waals surface area (Å²) < 4.78 is 0.948. The molecule has 1 nitrogen and oxygen atoms in total. The number of rotatable bonds is 3. The fraction of sp³-hybridized carbons (Fsp3) is 0.867. The maximum atomic E-state index is 4.68. The molecule has 4 atom stereocenters. The Hall–Kier alpha value is 0.219. The zero-order valence-corrected chi connectivity index (χ0v) is 11.5. The van der Waals surface area contributed by atoms with Gasteiger partial charge in [0.2, 0.25) is 0 Å². The van der Waals surface area contributed by atoms with E-state index in [9.17, 15) is 0 Å². The summed E-state index contributed by atoms with van der Waals surface area (Å²) in [6, 6.07) is 0. The second kappa shape index (κ2) is 0.517. The van der Waals surface area contributed by atoms with Crippen molar-refractivity contribution in [2.75, 3.05) is 20.6 Å². The molecule has 4 unspecified atom stereocenters. The van der Waals surface area contributed by atoms with Gasteiger partial charge in [0.05, 0.1) is 0 Å². The van der Waals surface area contributed by atoms with Gasteiger partial charge in [0.15, 0.2) is 0 Å². The fourth-order valence-corrected chi connectivity index (χ4v) is 92.3. The van der Waals surface area contributed by atoms with Gasteiger partial charge in [0.25, 0.3) is 0 Å². The van der Waals surface area contributed by atoms with Crippen molar-refractivity contribution in [2.45, 2.75) is 47.7 Å². The molecule has 10 fully saturated rings. The second-order valence-electron chi connectivity index (χ2n) is 11.5. The topological polar surface area (TPSA) is 3.24 Å². The van der Waals surface area contributed by atoms with Crippen LogP contribution in [0.15, 0.2) is 12.2 Å². The van der Waals surface area contributed by atoms with Crippen LogP contribution in [0.5, 0.6) is 0 Å². The van der Waals surface area contributed by atoms with Crippen LogP contribution in [0.1, 0.15) is 0 Å². The summed E-state index contributed by atoms with van der Waals surface area (Å²) in [6.07, 6.45) is 0. The van der Waals surface area contributed by atoms with E-state index in [1.165, 1.54) is 49.9 Å². The molecular formula is C15H19FeN. The molecule has 0 amide bonds. The Morgan fingerprint density at radius 3 is 1.71 bits per heavy atom. The van der Waals surface area contributed by atoms with E-state index in [0.717, 1.165) is 4.31 Å². The van der Waals surface area contributed by atoms with Crippen molar-refractivity contribution >= 4 is 0 Å². The SMILES string of the molecule is C=C(CN(C)C)[C]12[CH]3[CH]4[CH]5[CH]1[Fe]45321678[CH]2[CH]1[CH]6[CH]7[CH]28. The van der Waals surface area contributed by atoms with Gasteiger partial charge in [0, 0.05) is 0 Å². The van der Waals surface area contributed by atoms with Gasteiger partial charge in [-0.15, -0.1) is 0 Å². The van der Waals surface area contributed by atoms with Gasteiger partial charge in [0.1, 0.15) is 0 Å². The molecule has 17 heavy (non-hydrogen) atoms. The minimum atomic E-state index is -2.82. The number of likely N-dealkylation sites (N-methyl/N-ethyl adjacent to an activating group) is 1. The van der Waals surface area contributed by atoms with Crippen LogP contribution in [-0.2, 0) is 6.51 Å². The average Bonchev–Trinajstić information content (AvgIpc) is 3.22. The molecule has 0 aromatic rings. The molecule has 0 aromatic carbocycles. The number of hydrogen-bond donors (Lipinski definition) is 0. The first-order valence-electron chi connectivity index (χ1n) is 7.43. The zero-order valence-electron chi connectivity index (χ0n) is 10.4. The predicted molar refractivity (Wildman–Crippen MR) is 64.1 cm³/mol.